The first-order valence-corrected chi connectivity index (χ1v) is 5.15. The van der Waals surface area contributed by atoms with Crippen LogP contribution in [-0.2, 0) is 9.53 Å². The highest BCUT2D eigenvalue weighted by atomic mass is 19.1. The lowest BCUT2D eigenvalue weighted by atomic mass is 10.1. The van der Waals surface area contributed by atoms with Crippen LogP contribution in [0.2, 0.25) is 0 Å². The average molecular weight is 249 g/mol. The zero-order chi connectivity index (χ0) is 13.5. The highest BCUT2D eigenvalue weighted by Crippen LogP contribution is 2.09. The molecule has 1 N–H and O–H groups in total. The quantitative estimate of drug-likeness (QED) is 0.630. The van der Waals surface area contributed by atoms with Crippen LogP contribution in [-0.4, -0.2) is 25.5 Å². The molecule has 1 aromatic rings. The second-order valence-electron chi connectivity index (χ2n) is 3.43. The molecule has 0 spiro atoms. The van der Waals surface area contributed by atoms with Crippen LogP contribution < -0.4 is 5.32 Å². The fourth-order valence-corrected chi connectivity index (χ4v) is 1.21. The summed E-state index contributed by atoms with van der Waals surface area (Å²) in [6.45, 7) is 1.54. The Kier molecular flexibility index (Phi) is 4.88. The van der Waals surface area contributed by atoms with Gasteiger partial charge in [0.15, 0.2) is 0 Å². The summed E-state index contributed by atoms with van der Waals surface area (Å²) in [4.78, 5) is 21.8. The zero-order valence-corrected chi connectivity index (χ0v) is 10.0. The molecule has 94 valence electrons. The van der Waals surface area contributed by atoms with E-state index in [9.17, 15) is 14.0 Å². The molecule has 5 heteroatoms. The Hall–Kier alpha value is -2.35. The van der Waals surface area contributed by atoms with E-state index >= 15 is 0 Å². The molecule has 0 atom stereocenters. The van der Waals surface area contributed by atoms with E-state index in [2.05, 4.69) is 21.9 Å². The molecule has 0 aliphatic heterocycles. The SMILES string of the molecule is COC(=O)c1cc(F)cc(C#CCNC(C)=O)c1. The summed E-state index contributed by atoms with van der Waals surface area (Å²) in [6, 6.07) is 3.70. The molecule has 1 aromatic carbocycles. The van der Waals surface area contributed by atoms with E-state index in [4.69, 9.17) is 0 Å². The first-order chi connectivity index (χ1) is 8.52. The minimum atomic E-state index is -0.626. The third-order valence-corrected chi connectivity index (χ3v) is 1.98. The second kappa shape index (κ2) is 6.40. The maximum absolute atomic E-state index is 13.2. The van der Waals surface area contributed by atoms with Crippen molar-refractivity contribution in [1.82, 2.24) is 5.32 Å². The van der Waals surface area contributed by atoms with Gasteiger partial charge in [0.2, 0.25) is 5.91 Å². The molecule has 0 radical (unpaired) electrons. The maximum atomic E-state index is 13.2. The van der Waals surface area contributed by atoms with Gasteiger partial charge in [0.1, 0.15) is 5.82 Å². The summed E-state index contributed by atoms with van der Waals surface area (Å²) in [7, 11) is 1.22. The van der Waals surface area contributed by atoms with Crippen LogP contribution in [0.25, 0.3) is 0 Å². The highest BCUT2D eigenvalue weighted by Gasteiger charge is 2.07. The van der Waals surface area contributed by atoms with Crippen LogP contribution in [0.4, 0.5) is 4.39 Å². The smallest absolute Gasteiger partial charge is 0.337 e. The molecule has 0 unspecified atom stereocenters. The van der Waals surface area contributed by atoms with Crippen molar-refractivity contribution in [3.05, 3.63) is 35.1 Å². The average Bonchev–Trinajstić information content (AvgIpc) is 2.32. The van der Waals surface area contributed by atoms with Gasteiger partial charge in [-0.05, 0) is 18.2 Å². The molecular weight excluding hydrogens is 237 g/mol. The molecule has 18 heavy (non-hydrogen) atoms. The first kappa shape index (κ1) is 13.7. The van der Waals surface area contributed by atoms with Gasteiger partial charge < -0.3 is 10.1 Å². The second-order valence-corrected chi connectivity index (χ2v) is 3.43. The Labute approximate surface area is 104 Å². The molecule has 4 nitrogen and oxygen atoms in total. The molecule has 0 aromatic heterocycles. The topological polar surface area (TPSA) is 55.4 Å². The number of benzene rings is 1. The molecule has 1 amide bonds. The van der Waals surface area contributed by atoms with Gasteiger partial charge >= 0.3 is 5.97 Å². The predicted octanol–water partition coefficient (Wildman–Crippen LogP) is 1.10. The Bertz CT molecular complexity index is 529. The van der Waals surface area contributed by atoms with E-state index in [0.717, 1.165) is 6.07 Å². The summed E-state index contributed by atoms with van der Waals surface area (Å²) in [5.41, 5.74) is 0.446. The van der Waals surface area contributed by atoms with Crippen LogP contribution in [0.1, 0.15) is 22.8 Å². The molecule has 0 aliphatic rings. The molecule has 0 aliphatic carbocycles. The maximum Gasteiger partial charge on any atom is 0.337 e. The number of ether oxygens (including phenoxy) is 1. The van der Waals surface area contributed by atoms with Gasteiger partial charge in [-0.25, -0.2) is 9.18 Å². The summed E-state index contributed by atoms with van der Waals surface area (Å²) in [5, 5.41) is 2.48. The van der Waals surface area contributed by atoms with Crippen molar-refractivity contribution < 1.29 is 18.7 Å². The normalized spacial score (nSPS) is 9.06. The Morgan fingerprint density at radius 2 is 2.11 bits per heavy atom. The van der Waals surface area contributed by atoms with Gasteiger partial charge in [0.25, 0.3) is 0 Å². The van der Waals surface area contributed by atoms with Gasteiger partial charge in [0, 0.05) is 12.5 Å². The third kappa shape index (κ3) is 4.26. The molecule has 0 saturated heterocycles. The van der Waals surface area contributed by atoms with Crippen LogP contribution >= 0.6 is 0 Å². The number of amides is 1. The van der Waals surface area contributed by atoms with E-state index in [-0.39, 0.29) is 18.0 Å². The number of carbonyl (C=O) groups is 2. The molecule has 0 saturated carbocycles. The molecule has 0 heterocycles. The molecule has 0 fully saturated rings. The lowest BCUT2D eigenvalue weighted by Crippen LogP contribution is -2.19. The molecule has 0 bridgehead atoms. The number of hydrogen-bond donors (Lipinski definition) is 1. The number of esters is 1. The Morgan fingerprint density at radius 3 is 2.72 bits per heavy atom. The largest absolute Gasteiger partial charge is 0.465 e. The lowest BCUT2D eigenvalue weighted by Gasteiger charge is -2.00. The summed E-state index contributed by atoms with van der Waals surface area (Å²) < 4.78 is 17.7. The number of carbonyl (C=O) groups excluding carboxylic acids is 2. The molecule has 1 rings (SSSR count). The van der Waals surface area contributed by atoms with E-state index < -0.39 is 11.8 Å². The van der Waals surface area contributed by atoms with Gasteiger partial charge in [0.05, 0.1) is 19.2 Å². The third-order valence-electron chi connectivity index (χ3n) is 1.98. The number of methoxy groups -OCH3 is 1. The standard InChI is InChI=1S/C13H12FNO3/c1-9(16)15-5-3-4-10-6-11(13(17)18-2)8-12(14)7-10/h6-8H,5H2,1-2H3,(H,15,16). The van der Waals surface area contributed by atoms with E-state index in [0.29, 0.717) is 5.56 Å². The minimum absolute atomic E-state index is 0.0985. The summed E-state index contributed by atoms with van der Waals surface area (Å²) in [6.07, 6.45) is 0. The van der Waals surface area contributed by atoms with E-state index in [1.54, 1.807) is 0 Å². The van der Waals surface area contributed by atoms with Crippen molar-refractivity contribution in [1.29, 1.82) is 0 Å². The number of hydrogen-bond acceptors (Lipinski definition) is 3. The van der Waals surface area contributed by atoms with Crippen molar-refractivity contribution in [2.45, 2.75) is 6.92 Å². The molecular formula is C13H12FNO3. The fraction of sp³-hybridized carbons (Fsp3) is 0.231. The van der Waals surface area contributed by atoms with Crippen molar-refractivity contribution in [3.63, 3.8) is 0 Å². The van der Waals surface area contributed by atoms with Crippen molar-refractivity contribution >= 4 is 11.9 Å². The van der Waals surface area contributed by atoms with Crippen molar-refractivity contribution in [3.8, 4) is 11.8 Å². The van der Waals surface area contributed by atoms with Gasteiger partial charge in [-0.2, -0.15) is 0 Å². The Morgan fingerprint density at radius 1 is 1.39 bits per heavy atom. The lowest BCUT2D eigenvalue weighted by molar-refractivity contribution is -0.118. The van der Waals surface area contributed by atoms with Crippen LogP contribution in [0.15, 0.2) is 18.2 Å². The van der Waals surface area contributed by atoms with E-state index in [1.807, 2.05) is 0 Å². The Balaban J connectivity index is 2.86. The van der Waals surface area contributed by atoms with Crippen LogP contribution in [0.3, 0.4) is 0 Å². The number of halogens is 1. The monoisotopic (exact) mass is 249 g/mol. The minimum Gasteiger partial charge on any atom is -0.465 e. The number of rotatable bonds is 2. The number of nitrogens with one attached hydrogen (secondary N) is 1. The van der Waals surface area contributed by atoms with E-state index in [1.165, 1.54) is 26.2 Å². The zero-order valence-electron chi connectivity index (χ0n) is 10.0. The predicted molar refractivity (Wildman–Crippen MR) is 63.3 cm³/mol. The summed E-state index contributed by atoms with van der Waals surface area (Å²) in [5.74, 6) is 3.90. The first-order valence-electron chi connectivity index (χ1n) is 5.15. The summed E-state index contributed by atoms with van der Waals surface area (Å²) >= 11 is 0. The van der Waals surface area contributed by atoms with Crippen LogP contribution in [0, 0.1) is 17.7 Å². The van der Waals surface area contributed by atoms with Crippen molar-refractivity contribution in [2.24, 2.45) is 0 Å². The van der Waals surface area contributed by atoms with Gasteiger partial charge in [-0.3, -0.25) is 4.79 Å². The fourth-order valence-electron chi connectivity index (χ4n) is 1.21. The highest BCUT2D eigenvalue weighted by molar-refractivity contribution is 5.89. The van der Waals surface area contributed by atoms with Crippen LogP contribution in [0.5, 0.6) is 0 Å². The van der Waals surface area contributed by atoms with Gasteiger partial charge in [-0.15, -0.1) is 0 Å². The van der Waals surface area contributed by atoms with Crippen molar-refractivity contribution in [2.75, 3.05) is 13.7 Å². The van der Waals surface area contributed by atoms with Gasteiger partial charge in [-0.1, -0.05) is 11.8 Å².